The Bertz CT molecular complexity index is 686. The van der Waals surface area contributed by atoms with Gasteiger partial charge in [-0.2, -0.15) is 0 Å². The molecule has 2 aromatic heterocycles. The van der Waals surface area contributed by atoms with E-state index >= 15 is 0 Å². The fourth-order valence-electron chi connectivity index (χ4n) is 1.60. The maximum Gasteiger partial charge on any atom is 0.247 e. The molecule has 0 bridgehead atoms. The van der Waals surface area contributed by atoms with Crippen LogP contribution in [0.1, 0.15) is 12.2 Å². The van der Waals surface area contributed by atoms with Gasteiger partial charge in [0.1, 0.15) is 12.4 Å². The predicted octanol–water partition coefficient (Wildman–Crippen LogP) is 0.853. The van der Waals surface area contributed by atoms with Crippen LogP contribution in [0.15, 0.2) is 50.8 Å². The number of nitrogens with one attached hydrogen (secondary N) is 2. The van der Waals surface area contributed by atoms with E-state index in [1.54, 1.807) is 18.4 Å². The summed E-state index contributed by atoms with van der Waals surface area (Å²) in [6.07, 6.45) is 3.26. The van der Waals surface area contributed by atoms with Crippen molar-refractivity contribution in [2.75, 3.05) is 13.2 Å². The lowest BCUT2D eigenvalue weighted by Gasteiger charge is -2.06. The molecule has 114 valence electrons. The first kappa shape index (κ1) is 15.5. The number of aromatic amines is 1. The summed E-state index contributed by atoms with van der Waals surface area (Å²) in [7, 11) is -3.60. The van der Waals surface area contributed by atoms with E-state index in [4.69, 9.17) is 9.15 Å². The van der Waals surface area contributed by atoms with Gasteiger partial charge >= 0.3 is 0 Å². The Hall–Kier alpha value is -1.90. The maximum absolute atomic E-state index is 11.9. The minimum absolute atomic E-state index is 0.0265. The highest BCUT2D eigenvalue weighted by molar-refractivity contribution is 7.89. The Morgan fingerprint density at radius 3 is 2.81 bits per heavy atom. The number of H-pyrrole nitrogens is 1. The van der Waals surface area contributed by atoms with Gasteiger partial charge in [0.15, 0.2) is 0 Å². The fourth-order valence-corrected chi connectivity index (χ4v) is 2.64. The van der Waals surface area contributed by atoms with E-state index in [0.717, 1.165) is 12.0 Å². The van der Waals surface area contributed by atoms with Crippen LogP contribution < -0.4 is 10.3 Å². The van der Waals surface area contributed by atoms with Gasteiger partial charge in [-0.05, 0) is 24.6 Å². The van der Waals surface area contributed by atoms with Crippen molar-refractivity contribution in [1.82, 2.24) is 9.71 Å². The van der Waals surface area contributed by atoms with Crippen LogP contribution in [0.2, 0.25) is 0 Å². The van der Waals surface area contributed by atoms with Crippen LogP contribution in [0, 0.1) is 0 Å². The standard InChI is InChI=1S/C13H16N2O5S/c16-13-5-4-12(9-14-13)21(17,18)15-6-2-7-19-10-11-3-1-8-20-11/h1,3-5,8-9,15H,2,6-7,10H2,(H,14,16). The van der Waals surface area contributed by atoms with Crippen LogP contribution in [0.4, 0.5) is 0 Å². The Balaban J connectivity index is 1.70. The third-order valence-corrected chi connectivity index (χ3v) is 4.11. The summed E-state index contributed by atoms with van der Waals surface area (Å²) in [5.41, 5.74) is -0.347. The largest absolute Gasteiger partial charge is 0.467 e. The van der Waals surface area contributed by atoms with Gasteiger partial charge in [-0.25, -0.2) is 13.1 Å². The Morgan fingerprint density at radius 1 is 1.29 bits per heavy atom. The maximum atomic E-state index is 11.9. The van der Waals surface area contributed by atoms with Crippen LogP contribution in [0.5, 0.6) is 0 Å². The molecule has 0 aromatic carbocycles. The van der Waals surface area contributed by atoms with Gasteiger partial charge in [0.05, 0.1) is 11.2 Å². The molecule has 2 aromatic rings. The first-order valence-corrected chi connectivity index (χ1v) is 7.85. The molecular formula is C13H16N2O5S. The molecule has 2 N–H and O–H groups in total. The predicted molar refractivity (Wildman–Crippen MR) is 75.2 cm³/mol. The SMILES string of the molecule is O=c1ccc(S(=O)(=O)NCCCOCc2ccco2)c[nH]1. The van der Waals surface area contributed by atoms with Crippen LogP contribution in [-0.2, 0) is 21.4 Å². The fraction of sp³-hybridized carbons (Fsp3) is 0.308. The van der Waals surface area contributed by atoms with Crippen molar-refractivity contribution in [3.63, 3.8) is 0 Å². The van der Waals surface area contributed by atoms with Crippen molar-refractivity contribution < 1.29 is 17.6 Å². The highest BCUT2D eigenvalue weighted by Crippen LogP contribution is 2.04. The smallest absolute Gasteiger partial charge is 0.247 e. The van der Waals surface area contributed by atoms with E-state index in [1.165, 1.54) is 12.1 Å². The quantitative estimate of drug-likeness (QED) is 0.704. The number of rotatable bonds is 8. The molecule has 0 saturated carbocycles. The zero-order valence-electron chi connectivity index (χ0n) is 11.2. The van der Waals surface area contributed by atoms with Crippen molar-refractivity contribution in [1.29, 1.82) is 0 Å². The molecule has 0 unspecified atom stereocenters. The monoisotopic (exact) mass is 312 g/mol. The highest BCUT2D eigenvalue weighted by atomic mass is 32.2. The molecule has 2 rings (SSSR count). The lowest BCUT2D eigenvalue weighted by molar-refractivity contribution is 0.105. The Morgan fingerprint density at radius 2 is 2.14 bits per heavy atom. The van der Waals surface area contributed by atoms with Crippen LogP contribution >= 0.6 is 0 Å². The Kier molecular flexibility index (Phi) is 5.32. The number of furan rings is 1. The van der Waals surface area contributed by atoms with Crippen LogP contribution in [0.3, 0.4) is 0 Å². The third-order valence-electron chi connectivity index (χ3n) is 2.65. The average Bonchev–Trinajstić information content (AvgIpc) is 2.96. The van der Waals surface area contributed by atoms with Crippen molar-refractivity contribution >= 4 is 10.0 Å². The second-order valence-electron chi connectivity index (χ2n) is 4.27. The topological polar surface area (TPSA) is 101 Å². The molecule has 0 atom stereocenters. The van der Waals surface area contributed by atoms with Crippen molar-refractivity contribution in [3.05, 3.63) is 52.8 Å². The minimum atomic E-state index is -3.60. The molecule has 7 nitrogen and oxygen atoms in total. The summed E-state index contributed by atoms with van der Waals surface area (Å²) in [6.45, 7) is 1.02. The summed E-state index contributed by atoms with van der Waals surface area (Å²) < 4.78 is 36.6. The van der Waals surface area contributed by atoms with Gasteiger partial charge in [-0.3, -0.25) is 4.79 Å². The second-order valence-corrected chi connectivity index (χ2v) is 6.04. The summed E-state index contributed by atoms with van der Waals surface area (Å²) in [6, 6.07) is 6.01. The van der Waals surface area contributed by atoms with Crippen molar-refractivity contribution in [2.24, 2.45) is 0 Å². The molecular weight excluding hydrogens is 296 g/mol. The molecule has 21 heavy (non-hydrogen) atoms. The first-order chi connectivity index (χ1) is 10.1. The van der Waals surface area contributed by atoms with E-state index in [2.05, 4.69) is 9.71 Å². The van der Waals surface area contributed by atoms with E-state index in [0.29, 0.717) is 19.6 Å². The van der Waals surface area contributed by atoms with Gasteiger partial charge < -0.3 is 14.1 Å². The molecule has 0 spiro atoms. The van der Waals surface area contributed by atoms with Gasteiger partial charge in [-0.1, -0.05) is 0 Å². The lowest BCUT2D eigenvalue weighted by Crippen LogP contribution is -2.26. The number of hydrogen-bond acceptors (Lipinski definition) is 5. The molecule has 0 fully saturated rings. The van der Waals surface area contributed by atoms with Crippen molar-refractivity contribution in [3.8, 4) is 0 Å². The third kappa shape index (κ3) is 4.85. The molecule has 0 aliphatic carbocycles. The number of pyridine rings is 1. The molecule has 0 amide bonds. The first-order valence-electron chi connectivity index (χ1n) is 6.36. The molecule has 0 radical (unpaired) electrons. The van der Waals surface area contributed by atoms with Crippen LogP contribution in [-0.4, -0.2) is 26.6 Å². The van der Waals surface area contributed by atoms with Crippen LogP contribution in [0.25, 0.3) is 0 Å². The van der Waals surface area contributed by atoms with E-state index in [9.17, 15) is 13.2 Å². The number of hydrogen-bond donors (Lipinski definition) is 2. The van der Waals surface area contributed by atoms with Crippen molar-refractivity contribution in [2.45, 2.75) is 17.9 Å². The lowest BCUT2D eigenvalue weighted by atomic mass is 10.4. The molecule has 2 heterocycles. The second kappa shape index (κ2) is 7.21. The summed E-state index contributed by atoms with van der Waals surface area (Å²) >= 11 is 0. The molecule has 0 aliphatic heterocycles. The normalized spacial score (nSPS) is 11.6. The van der Waals surface area contributed by atoms with E-state index in [1.807, 2.05) is 0 Å². The molecule has 0 saturated heterocycles. The summed E-state index contributed by atoms with van der Waals surface area (Å²) in [5, 5.41) is 0. The Labute approximate surface area is 122 Å². The van der Waals surface area contributed by atoms with Gasteiger partial charge in [0, 0.05) is 25.4 Å². The van der Waals surface area contributed by atoms with Gasteiger partial charge in [0.25, 0.3) is 0 Å². The average molecular weight is 312 g/mol. The number of ether oxygens (including phenoxy) is 1. The zero-order valence-corrected chi connectivity index (χ0v) is 12.1. The van der Waals surface area contributed by atoms with E-state index < -0.39 is 10.0 Å². The minimum Gasteiger partial charge on any atom is -0.467 e. The van der Waals surface area contributed by atoms with Gasteiger partial charge in [0.2, 0.25) is 15.6 Å². The summed E-state index contributed by atoms with van der Waals surface area (Å²) in [5.74, 6) is 0.726. The molecule has 8 heteroatoms. The molecule has 0 aliphatic rings. The highest BCUT2D eigenvalue weighted by Gasteiger charge is 2.12. The number of aromatic nitrogens is 1. The summed E-state index contributed by atoms with van der Waals surface area (Å²) in [4.78, 5) is 13.2. The zero-order chi connectivity index (χ0) is 15.1. The van der Waals surface area contributed by atoms with E-state index in [-0.39, 0.29) is 17.0 Å². The van der Waals surface area contributed by atoms with Gasteiger partial charge in [-0.15, -0.1) is 0 Å². The number of sulfonamides is 1.